The average molecular weight is 601 g/mol. The van der Waals surface area contributed by atoms with E-state index in [1.165, 1.54) is 7.11 Å². The van der Waals surface area contributed by atoms with Crippen LogP contribution in [0.15, 0.2) is 59.7 Å². The van der Waals surface area contributed by atoms with Gasteiger partial charge in [-0.2, -0.15) is 0 Å². The highest BCUT2D eigenvalue weighted by atomic mass is 16.5. The number of para-hydroxylation sites is 1. The summed E-state index contributed by atoms with van der Waals surface area (Å²) in [6.07, 6.45) is 3.73. The van der Waals surface area contributed by atoms with Gasteiger partial charge >= 0.3 is 5.97 Å². The van der Waals surface area contributed by atoms with Crippen LogP contribution in [0.2, 0.25) is 0 Å². The van der Waals surface area contributed by atoms with Crippen LogP contribution in [0.25, 0.3) is 0 Å². The maximum atomic E-state index is 13.6. The second-order valence-corrected chi connectivity index (χ2v) is 11.6. The van der Waals surface area contributed by atoms with Crippen LogP contribution in [0.5, 0.6) is 5.75 Å². The number of likely N-dealkylation sites (N-methyl/N-ethyl adjacent to an activating group) is 1. The highest BCUT2D eigenvalue weighted by Crippen LogP contribution is 2.37. The number of anilines is 2. The molecule has 1 atom stereocenters. The van der Waals surface area contributed by atoms with Gasteiger partial charge in [0.05, 0.1) is 36.7 Å². The minimum absolute atomic E-state index is 0.0208. The normalized spacial score (nSPS) is 21.2. The Morgan fingerprint density at radius 2 is 1.77 bits per heavy atom. The first-order valence-electron chi connectivity index (χ1n) is 15.0. The smallest absolute Gasteiger partial charge is 0.339 e. The number of hydrogen-bond donors (Lipinski definition) is 4. The molecule has 0 spiro atoms. The molecular weight excluding hydrogens is 560 g/mol. The third-order valence-corrected chi connectivity index (χ3v) is 8.85. The number of aliphatic imine (C=N–C) groups is 1. The highest BCUT2D eigenvalue weighted by molar-refractivity contribution is 6.13. The van der Waals surface area contributed by atoms with Gasteiger partial charge in [0.15, 0.2) is 5.84 Å². The van der Waals surface area contributed by atoms with Crippen LogP contribution >= 0.6 is 0 Å². The Morgan fingerprint density at radius 1 is 1.02 bits per heavy atom. The number of rotatable bonds is 6. The second-order valence-electron chi connectivity index (χ2n) is 11.6. The van der Waals surface area contributed by atoms with Crippen molar-refractivity contribution < 1.29 is 19.1 Å². The first-order valence-corrected chi connectivity index (χ1v) is 15.0. The number of nitrogens with zero attached hydrogens (tertiary/aromatic N) is 4. The predicted molar refractivity (Wildman–Crippen MR) is 169 cm³/mol. The summed E-state index contributed by atoms with van der Waals surface area (Å²) in [4.78, 5) is 40.9. The average Bonchev–Trinajstić information content (AvgIpc) is 3.53. The maximum absolute atomic E-state index is 13.6. The van der Waals surface area contributed by atoms with Gasteiger partial charge in [-0.05, 0) is 56.3 Å². The van der Waals surface area contributed by atoms with E-state index in [1.807, 2.05) is 17.0 Å². The number of amides is 1. The molecule has 6 rings (SSSR count). The Kier molecular flexibility index (Phi) is 8.30. The van der Waals surface area contributed by atoms with Crippen LogP contribution in [0.1, 0.15) is 44.8 Å². The molecule has 44 heavy (non-hydrogen) atoms. The van der Waals surface area contributed by atoms with E-state index in [1.54, 1.807) is 49.7 Å². The maximum Gasteiger partial charge on any atom is 0.339 e. The third kappa shape index (κ3) is 5.75. The van der Waals surface area contributed by atoms with Crippen molar-refractivity contribution in [1.29, 1.82) is 0 Å². The number of H-pyrrole nitrogens is 1. The summed E-state index contributed by atoms with van der Waals surface area (Å²) in [5, 5.41) is 6.57. The van der Waals surface area contributed by atoms with E-state index >= 15 is 0 Å². The van der Waals surface area contributed by atoms with Crippen LogP contribution in [0, 0.1) is 0 Å². The van der Waals surface area contributed by atoms with Gasteiger partial charge in [-0.3, -0.25) is 15.4 Å². The molecule has 0 radical (unpaired) electrons. The number of aromatic amines is 1. The topological polar surface area (TPSA) is 141 Å². The summed E-state index contributed by atoms with van der Waals surface area (Å²) in [5.74, 6) is -1.07. The summed E-state index contributed by atoms with van der Waals surface area (Å²) in [6, 6.07) is 14.7. The first-order chi connectivity index (χ1) is 21.3. The fraction of sp³-hybridized carbons (Fsp3) is 0.406. The van der Waals surface area contributed by atoms with E-state index in [2.05, 4.69) is 32.5 Å². The Morgan fingerprint density at radius 3 is 2.50 bits per heavy atom. The molecule has 2 fully saturated rings. The second kappa shape index (κ2) is 12.3. The van der Waals surface area contributed by atoms with Crippen LogP contribution < -0.4 is 21.1 Å². The molecular formula is C32H40N8O4. The SMILES string of the molecule is COC(=O)c1ccccc1NC1=NC(N)(c2ccc(C(=O)N3CCC(N4CCN(C)CC4)CC3)cc2OC)Nc2cc[nH]c21. The van der Waals surface area contributed by atoms with Gasteiger partial charge in [-0.25, -0.2) is 9.79 Å². The molecule has 232 valence electrons. The Bertz CT molecular complexity index is 1560. The highest BCUT2D eigenvalue weighted by Gasteiger charge is 2.37. The first kappa shape index (κ1) is 29.7. The van der Waals surface area contributed by atoms with Gasteiger partial charge in [0, 0.05) is 57.1 Å². The Balaban J connectivity index is 1.23. The summed E-state index contributed by atoms with van der Waals surface area (Å²) < 4.78 is 10.7. The molecule has 1 unspecified atom stereocenters. The van der Waals surface area contributed by atoms with Gasteiger partial charge < -0.3 is 34.9 Å². The molecule has 3 aliphatic rings. The predicted octanol–water partition coefficient (Wildman–Crippen LogP) is 2.72. The van der Waals surface area contributed by atoms with Crippen molar-refractivity contribution in [2.45, 2.75) is 24.7 Å². The fourth-order valence-electron chi connectivity index (χ4n) is 6.30. The summed E-state index contributed by atoms with van der Waals surface area (Å²) in [7, 11) is 5.06. The van der Waals surface area contributed by atoms with Crippen LogP contribution in [-0.4, -0.2) is 104 Å². The number of aromatic nitrogens is 1. The number of methoxy groups -OCH3 is 2. The molecule has 0 saturated carbocycles. The minimum Gasteiger partial charge on any atom is -0.496 e. The van der Waals surface area contributed by atoms with Gasteiger partial charge in [0.25, 0.3) is 5.91 Å². The zero-order chi connectivity index (χ0) is 30.8. The van der Waals surface area contributed by atoms with Gasteiger partial charge in [0.1, 0.15) is 11.4 Å². The molecule has 12 nitrogen and oxygen atoms in total. The van der Waals surface area contributed by atoms with E-state index in [0.29, 0.717) is 51.4 Å². The van der Waals surface area contributed by atoms with Crippen molar-refractivity contribution in [3.8, 4) is 5.75 Å². The van der Waals surface area contributed by atoms with Crippen LogP contribution in [-0.2, 0) is 10.5 Å². The number of piperazine rings is 1. The van der Waals surface area contributed by atoms with E-state index < -0.39 is 11.8 Å². The van der Waals surface area contributed by atoms with Crippen molar-refractivity contribution in [2.24, 2.45) is 10.7 Å². The number of carbonyl (C=O) groups excluding carboxylic acids is 2. The van der Waals surface area contributed by atoms with Crippen molar-refractivity contribution >= 4 is 29.1 Å². The number of ether oxygens (including phenoxy) is 2. The number of nitrogens with one attached hydrogen (secondary N) is 3. The van der Waals surface area contributed by atoms with E-state index in [-0.39, 0.29) is 5.91 Å². The molecule has 0 aliphatic carbocycles. The number of benzene rings is 2. The number of piperidine rings is 1. The van der Waals surface area contributed by atoms with Crippen molar-refractivity contribution in [1.82, 2.24) is 19.7 Å². The largest absolute Gasteiger partial charge is 0.496 e. The molecule has 12 heteroatoms. The molecule has 3 aliphatic heterocycles. The minimum atomic E-state index is -1.44. The van der Waals surface area contributed by atoms with Crippen LogP contribution in [0.3, 0.4) is 0 Å². The molecule has 2 aromatic carbocycles. The molecule has 3 aromatic rings. The molecule has 5 N–H and O–H groups in total. The van der Waals surface area contributed by atoms with Crippen molar-refractivity contribution in [3.63, 3.8) is 0 Å². The van der Waals surface area contributed by atoms with Crippen LogP contribution in [0.4, 0.5) is 11.4 Å². The number of esters is 1. The van der Waals surface area contributed by atoms with E-state index in [9.17, 15) is 9.59 Å². The molecule has 4 heterocycles. The van der Waals surface area contributed by atoms with Crippen molar-refractivity contribution in [3.05, 3.63) is 77.1 Å². The van der Waals surface area contributed by atoms with Gasteiger partial charge in [0.2, 0.25) is 5.79 Å². The third-order valence-electron chi connectivity index (χ3n) is 8.85. The summed E-state index contributed by atoms with van der Waals surface area (Å²) in [6.45, 7) is 5.82. The van der Waals surface area contributed by atoms with E-state index in [0.717, 1.165) is 52.1 Å². The quantitative estimate of drug-likeness (QED) is 0.315. The zero-order valence-electron chi connectivity index (χ0n) is 25.4. The summed E-state index contributed by atoms with van der Waals surface area (Å²) >= 11 is 0. The Labute approximate surface area is 257 Å². The fourth-order valence-corrected chi connectivity index (χ4v) is 6.30. The van der Waals surface area contributed by atoms with Crippen molar-refractivity contribution in [2.75, 3.05) is 71.2 Å². The molecule has 1 aromatic heterocycles. The lowest BCUT2D eigenvalue weighted by Gasteiger charge is -2.42. The molecule has 0 bridgehead atoms. The van der Waals surface area contributed by atoms with E-state index in [4.69, 9.17) is 20.2 Å². The lowest BCUT2D eigenvalue weighted by molar-refractivity contribution is 0.0518. The van der Waals surface area contributed by atoms with Gasteiger partial charge in [-0.1, -0.05) is 12.1 Å². The zero-order valence-corrected chi connectivity index (χ0v) is 25.4. The number of likely N-dealkylation sites (tertiary alicyclic amines) is 1. The number of carbonyl (C=O) groups is 2. The monoisotopic (exact) mass is 600 g/mol. The Hall–Kier alpha value is -4.39. The number of fused-ring (bicyclic) bond motifs is 1. The number of amidine groups is 1. The standard InChI is InChI=1S/C32H40N8O4/c1-38-16-18-39(19-17-38)22-11-14-40(15-12-22)30(41)21-8-9-24(27(20-21)43-2)32(33)36-26-10-13-34-28(26)29(37-32)35-25-7-5-4-6-23(25)31(42)44-3/h4-10,13,20,22,34,36H,11-12,14-19,33H2,1-3H3,(H,35,37). The molecule has 1 amide bonds. The number of hydrogen-bond acceptors (Lipinski definition) is 10. The molecule has 2 saturated heterocycles. The lowest BCUT2D eigenvalue weighted by atomic mass is 9.99. The summed E-state index contributed by atoms with van der Waals surface area (Å²) in [5.41, 5.74) is 10.3. The lowest BCUT2D eigenvalue weighted by Crippen LogP contribution is -2.53. The number of nitrogens with two attached hydrogens (primary N) is 1. The van der Waals surface area contributed by atoms with Gasteiger partial charge in [-0.15, -0.1) is 0 Å².